The summed E-state index contributed by atoms with van der Waals surface area (Å²) in [5.74, 6) is 0.946. The highest BCUT2D eigenvalue weighted by Gasteiger charge is 2.38. The van der Waals surface area contributed by atoms with Gasteiger partial charge in [-0.3, -0.25) is 4.79 Å². The van der Waals surface area contributed by atoms with Gasteiger partial charge in [0, 0.05) is 52.7 Å². The Morgan fingerprint density at radius 3 is 2.64 bits per heavy atom. The van der Waals surface area contributed by atoms with E-state index in [0.29, 0.717) is 28.8 Å². The van der Waals surface area contributed by atoms with Crippen LogP contribution in [0, 0.1) is 5.82 Å². The smallest absolute Gasteiger partial charge is 0.227 e. The summed E-state index contributed by atoms with van der Waals surface area (Å²) < 4.78 is 18.3. The lowest BCUT2D eigenvalue weighted by molar-refractivity contribution is -0.116. The summed E-state index contributed by atoms with van der Waals surface area (Å²) in [6, 6.07) is 25.1. The van der Waals surface area contributed by atoms with E-state index in [1.807, 2.05) is 28.9 Å². The van der Waals surface area contributed by atoms with Crippen LogP contribution in [0.25, 0.3) is 10.9 Å². The van der Waals surface area contributed by atoms with E-state index >= 15 is 0 Å². The molecule has 194 valence electrons. The van der Waals surface area contributed by atoms with Crippen molar-refractivity contribution in [2.75, 3.05) is 5.32 Å². The lowest BCUT2D eigenvalue weighted by atomic mass is 9.85. The zero-order chi connectivity index (χ0) is 26.3. The normalized spacial score (nSPS) is 16.7. The number of nitrogens with one attached hydrogen (secondary N) is 1. The van der Waals surface area contributed by atoms with Crippen molar-refractivity contribution in [2.24, 2.45) is 0 Å². The van der Waals surface area contributed by atoms with E-state index in [1.54, 1.807) is 12.1 Å². The SMILES string of the molecule is O=C1CCCC2=C1C(c1cn(Cc3ccccc3)c3ccccc13)n1nc(SCc3ccccc3F)nc1N2. The number of ketones is 1. The van der Waals surface area contributed by atoms with Crippen LogP contribution in [-0.2, 0) is 17.1 Å². The van der Waals surface area contributed by atoms with Crippen molar-refractivity contribution in [1.29, 1.82) is 0 Å². The molecule has 1 aliphatic carbocycles. The van der Waals surface area contributed by atoms with Crippen molar-refractivity contribution < 1.29 is 9.18 Å². The fourth-order valence-electron chi connectivity index (χ4n) is 5.65. The largest absolute Gasteiger partial charge is 0.343 e. The van der Waals surface area contributed by atoms with Gasteiger partial charge < -0.3 is 9.88 Å². The Bertz CT molecular complexity index is 1740. The van der Waals surface area contributed by atoms with Crippen molar-refractivity contribution >= 4 is 34.4 Å². The van der Waals surface area contributed by atoms with Gasteiger partial charge in [-0.05, 0) is 36.1 Å². The van der Waals surface area contributed by atoms with Gasteiger partial charge in [0.1, 0.15) is 11.9 Å². The summed E-state index contributed by atoms with van der Waals surface area (Å²) in [6.07, 6.45) is 4.30. The average molecular weight is 536 g/mol. The van der Waals surface area contributed by atoms with Crippen molar-refractivity contribution in [3.05, 3.63) is 119 Å². The van der Waals surface area contributed by atoms with Crippen molar-refractivity contribution in [3.8, 4) is 0 Å². The number of Topliss-reactive ketones (excluding diaryl/α,β-unsaturated/α-hetero) is 1. The highest BCUT2D eigenvalue weighted by molar-refractivity contribution is 7.98. The predicted octanol–water partition coefficient (Wildman–Crippen LogP) is 6.73. The first-order chi connectivity index (χ1) is 19.2. The van der Waals surface area contributed by atoms with Gasteiger partial charge in [-0.25, -0.2) is 9.07 Å². The molecule has 5 aromatic rings. The Morgan fingerprint density at radius 1 is 0.974 bits per heavy atom. The Labute approximate surface area is 229 Å². The summed E-state index contributed by atoms with van der Waals surface area (Å²) in [5, 5.41) is 9.91. The number of benzene rings is 3. The van der Waals surface area contributed by atoms with Gasteiger partial charge in [0.05, 0.1) is 0 Å². The second-order valence-electron chi connectivity index (χ2n) is 9.95. The third-order valence-electron chi connectivity index (χ3n) is 7.47. The third-order valence-corrected chi connectivity index (χ3v) is 8.36. The van der Waals surface area contributed by atoms with E-state index < -0.39 is 0 Å². The van der Waals surface area contributed by atoms with Crippen molar-refractivity contribution in [3.63, 3.8) is 0 Å². The molecule has 3 heterocycles. The Balaban J connectivity index is 1.33. The first-order valence-electron chi connectivity index (χ1n) is 13.1. The van der Waals surface area contributed by atoms with Crippen molar-refractivity contribution in [2.45, 2.75) is 42.8 Å². The maximum absolute atomic E-state index is 14.2. The van der Waals surface area contributed by atoms with Crippen LogP contribution in [0.15, 0.2) is 101 Å². The number of carbonyl (C=O) groups excluding carboxylic acids is 1. The Morgan fingerprint density at radius 2 is 1.77 bits per heavy atom. The minimum atomic E-state index is -0.388. The topological polar surface area (TPSA) is 64.7 Å². The first-order valence-corrected chi connectivity index (χ1v) is 14.1. The van der Waals surface area contributed by atoms with Gasteiger partial charge in [0.15, 0.2) is 5.78 Å². The molecule has 6 nitrogen and oxygen atoms in total. The number of para-hydroxylation sites is 1. The maximum atomic E-state index is 14.2. The number of anilines is 1. The zero-order valence-corrected chi connectivity index (χ0v) is 22.0. The summed E-state index contributed by atoms with van der Waals surface area (Å²) >= 11 is 1.39. The average Bonchev–Trinajstić information content (AvgIpc) is 3.53. The second-order valence-corrected chi connectivity index (χ2v) is 10.9. The lowest BCUT2D eigenvalue weighted by Crippen LogP contribution is -2.31. The molecule has 3 aromatic carbocycles. The number of halogens is 1. The van der Waals surface area contributed by atoms with E-state index in [9.17, 15) is 9.18 Å². The van der Waals surface area contributed by atoms with Crippen LogP contribution in [0.1, 0.15) is 42.0 Å². The van der Waals surface area contributed by atoms with E-state index in [1.165, 1.54) is 23.4 Å². The third kappa shape index (κ3) is 4.34. The molecular weight excluding hydrogens is 509 g/mol. The second kappa shape index (κ2) is 9.85. The molecule has 0 saturated carbocycles. The van der Waals surface area contributed by atoms with E-state index in [-0.39, 0.29) is 17.6 Å². The van der Waals surface area contributed by atoms with Crippen LogP contribution in [0.2, 0.25) is 0 Å². The molecule has 0 spiro atoms. The number of fused-ring (bicyclic) bond motifs is 2. The van der Waals surface area contributed by atoms with E-state index in [0.717, 1.165) is 47.1 Å². The van der Waals surface area contributed by atoms with Gasteiger partial charge >= 0.3 is 0 Å². The first kappa shape index (κ1) is 23.9. The minimum absolute atomic E-state index is 0.148. The number of nitrogens with zero attached hydrogens (tertiary/aromatic N) is 4. The van der Waals surface area contributed by atoms with Crippen LogP contribution in [-0.4, -0.2) is 25.1 Å². The number of hydrogen-bond acceptors (Lipinski definition) is 5. The highest BCUT2D eigenvalue weighted by atomic mass is 32.2. The van der Waals surface area contributed by atoms with Gasteiger partial charge in [-0.1, -0.05) is 78.5 Å². The molecule has 0 radical (unpaired) electrons. The molecule has 39 heavy (non-hydrogen) atoms. The number of aromatic nitrogens is 4. The fraction of sp³-hybridized carbons (Fsp3) is 0.194. The number of thioether (sulfide) groups is 1. The van der Waals surface area contributed by atoms with Crippen LogP contribution < -0.4 is 5.32 Å². The predicted molar refractivity (Wildman–Crippen MR) is 151 cm³/mol. The Kier molecular flexibility index (Phi) is 6.04. The van der Waals surface area contributed by atoms with Gasteiger partial charge in [-0.2, -0.15) is 4.98 Å². The van der Waals surface area contributed by atoms with E-state index in [4.69, 9.17) is 10.1 Å². The summed E-state index contributed by atoms with van der Waals surface area (Å²) in [5.41, 5.74) is 5.65. The standard InChI is InChI=1S/C31H26FN5OS/c32-24-13-6-4-11-21(24)19-39-31-34-30-33-25-14-8-16-27(38)28(25)29(37(30)35-31)23-18-36(17-20-9-2-1-3-10-20)26-15-7-5-12-22(23)26/h1-7,9-13,15,18,29H,8,14,16-17,19H2,(H,33,34,35). The molecule has 1 aliphatic heterocycles. The molecule has 0 amide bonds. The summed E-state index contributed by atoms with van der Waals surface area (Å²) in [6.45, 7) is 0.722. The summed E-state index contributed by atoms with van der Waals surface area (Å²) in [4.78, 5) is 18.2. The number of allylic oxidation sites excluding steroid dienone is 2. The number of rotatable bonds is 6. The van der Waals surface area contributed by atoms with Crippen LogP contribution in [0.5, 0.6) is 0 Å². The van der Waals surface area contributed by atoms with Gasteiger partial charge in [0.2, 0.25) is 11.1 Å². The van der Waals surface area contributed by atoms with Crippen LogP contribution in [0.3, 0.4) is 0 Å². The van der Waals surface area contributed by atoms with E-state index in [2.05, 4.69) is 52.5 Å². The molecule has 8 heteroatoms. The van der Waals surface area contributed by atoms with Crippen LogP contribution in [0.4, 0.5) is 10.3 Å². The molecular formula is C31H26FN5OS. The molecule has 1 N–H and O–H groups in total. The molecule has 0 fully saturated rings. The van der Waals surface area contributed by atoms with Crippen LogP contribution >= 0.6 is 11.8 Å². The molecule has 7 rings (SSSR count). The highest BCUT2D eigenvalue weighted by Crippen LogP contribution is 2.43. The minimum Gasteiger partial charge on any atom is -0.343 e. The monoisotopic (exact) mass is 535 g/mol. The molecule has 1 unspecified atom stereocenters. The zero-order valence-electron chi connectivity index (χ0n) is 21.2. The quantitative estimate of drug-likeness (QED) is 0.244. The molecule has 2 aromatic heterocycles. The van der Waals surface area contributed by atoms with Gasteiger partial charge in [-0.15, -0.1) is 5.10 Å². The molecule has 0 saturated heterocycles. The molecule has 2 aliphatic rings. The molecule has 0 bridgehead atoms. The lowest BCUT2D eigenvalue weighted by Gasteiger charge is -2.31. The Hall–Kier alpha value is -4.17. The number of carbonyl (C=O) groups is 1. The number of hydrogen-bond donors (Lipinski definition) is 1. The maximum Gasteiger partial charge on any atom is 0.227 e. The fourth-order valence-corrected chi connectivity index (χ4v) is 6.46. The van der Waals surface area contributed by atoms with Gasteiger partial charge in [0.25, 0.3) is 0 Å². The summed E-state index contributed by atoms with van der Waals surface area (Å²) in [7, 11) is 0. The molecule has 1 atom stereocenters. The van der Waals surface area contributed by atoms with Crippen molar-refractivity contribution in [1.82, 2.24) is 19.3 Å².